The summed E-state index contributed by atoms with van der Waals surface area (Å²) in [6.07, 6.45) is 0.821. The maximum absolute atomic E-state index is 12.7. The summed E-state index contributed by atoms with van der Waals surface area (Å²) in [6, 6.07) is 0.519. The molecule has 0 spiro atoms. The summed E-state index contributed by atoms with van der Waals surface area (Å²) in [4.78, 5) is 3.18. The second-order valence-corrected chi connectivity index (χ2v) is 2.32. The first-order valence-electron chi connectivity index (χ1n) is 3.18. The normalized spacial score (nSPS) is 13.1. The third-order valence-corrected chi connectivity index (χ3v) is 1.32. The van der Waals surface area contributed by atoms with Crippen molar-refractivity contribution < 1.29 is 8.78 Å². The molecule has 0 aromatic carbocycles. The zero-order valence-electron chi connectivity index (χ0n) is 6.01. The van der Waals surface area contributed by atoms with Gasteiger partial charge in [-0.05, 0) is 13.0 Å². The van der Waals surface area contributed by atoms with Gasteiger partial charge in [-0.25, -0.2) is 9.37 Å². The summed E-state index contributed by atoms with van der Waals surface area (Å²) in [6.45, 7) is 1.57. The molecule has 2 N–H and O–H groups in total. The topological polar surface area (TPSA) is 38.9 Å². The van der Waals surface area contributed by atoms with E-state index in [2.05, 4.69) is 4.98 Å². The number of nitrogens with two attached hydrogens (primary N) is 1. The second-order valence-electron chi connectivity index (χ2n) is 2.32. The SMILES string of the molecule is CC(N)c1cc(F)cnc1F. The van der Waals surface area contributed by atoms with Gasteiger partial charge in [-0.15, -0.1) is 0 Å². The average Bonchev–Trinajstić information content (AvgIpc) is 1.94. The highest BCUT2D eigenvalue weighted by atomic mass is 19.1. The Morgan fingerprint density at radius 1 is 1.55 bits per heavy atom. The molecule has 0 aliphatic carbocycles. The van der Waals surface area contributed by atoms with Gasteiger partial charge in [-0.1, -0.05) is 0 Å². The second kappa shape index (κ2) is 2.92. The molecule has 0 aliphatic heterocycles. The molecule has 1 unspecified atom stereocenters. The zero-order valence-corrected chi connectivity index (χ0v) is 6.01. The number of nitrogens with zero attached hydrogens (tertiary/aromatic N) is 1. The lowest BCUT2D eigenvalue weighted by atomic mass is 10.1. The first kappa shape index (κ1) is 8.07. The van der Waals surface area contributed by atoms with Crippen LogP contribution in [-0.4, -0.2) is 4.98 Å². The Morgan fingerprint density at radius 3 is 2.64 bits per heavy atom. The molecule has 60 valence electrons. The first-order valence-corrected chi connectivity index (χ1v) is 3.18. The van der Waals surface area contributed by atoms with Crippen molar-refractivity contribution in [3.05, 3.63) is 29.6 Å². The fraction of sp³-hybridized carbons (Fsp3) is 0.286. The molecular weight excluding hydrogens is 150 g/mol. The lowest BCUT2D eigenvalue weighted by Gasteiger charge is -2.04. The smallest absolute Gasteiger partial charge is 0.217 e. The van der Waals surface area contributed by atoms with Gasteiger partial charge in [0.25, 0.3) is 0 Å². The monoisotopic (exact) mass is 158 g/mol. The first-order chi connectivity index (χ1) is 5.11. The summed E-state index contributed by atoms with van der Waals surface area (Å²) in [5, 5.41) is 0. The Kier molecular flexibility index (Phi) is 2.14. The highest BCUT2D eigenvalue weighted by Crippen LogP contribution is 2.12. The molecule has 2 nitrogen and oxygen atoms in total. The number of hydrogen-bond acceptors (Lipinski definition) is 2. The Morgan fingerprint density at radius 2 is 2.18 bits per heavy atom. The Hall–Kier alpha value is -1.03. The lowest BCUT2D eigenvalue weighted by molar-refractivity contribution is 0.532. The van der Waals surface area contributed by atoms with Crippen molar-refractivity contribution in [2.75, 3.05) is 0 Å². The van der Waals surface area contributed by atoms with E-state index in [4.69, 9.17) is 5.73 Å². The molecule has 11 heavy (non-hydrogen) atoms. The van der Waals surface area contributed by atoms with Crippen LogP contribution in [0.2, 0.25) is 0 Å². The molecule has 0 radical (unpaired) electrons. The van der Waals surface area contributed by atoms with Crippen molar-refractivity contribution in [2.45, 2.75) is 13.0 Å². The molecule has 0 bridgehead atoms. The minimum absolute atomic E-state index is 0.102. The van der Waals surface area contributed by atoms with Gasteiger partial charge in [0.1, 0.15) is 5.82 Å². The van der Waals surface area contributed by atoms with Crippen LogP contribution >= 0.6 is 0 Å². The van der Waals surface area contributed by atoms with E-state index in [0.29, 0.717) is 0 Å². The quantitative estimate of drug-likeness (QED) is 0.627. The minimum Gasteiger partial charge on any atom is -0.324 e. The van der Waals surface area contributed by atoms with Crippen LogP contribution in [-0.2, 0) is 0 Å². The van der Waals surface area contributed by atoms with Crippen LogP contribution in [0.25, 0.3) is 0 Å². The molecule has 0 saturated heterocycles. The number of hydrogen-bond donors (Lipinski definition) is 1. The maximum atomic E-state index is 12.7. The van der Waals surface area contributed by atoms with Gasteiger partial charge in [0.2, 0.25) is 5.95 Å². The molecule has 1 aromatic heterocycles. The van der Waals surface area contributed by atoms with Gasteiger partial charge >= 0.3 is 0 Å². The molecule has 1 atom stereocenters. The summed E-state index contributed by atoms with van der Waals surface area (Å²) < 4.78 is 25.1. The largest absolute Gasteiger partial charge is 0.324 e. The number of aromatic nitrogens is 1. The molecule has 0 aliphatic rings. The molecule has 1 aromatic rings. The van der Waals surface area contributed by atoms with Crippen molar-refractivity contribution in [2.24, 2.45) is 5.73 Å². The number of halogens is 2. The van der Waals surface area contributed by atoms with Crippen molar-refractivity contribution in [3.8, 4) is 0 Å². The standard InChI is InChI=1S/C7H8F2N2/c1-4(10)6-2-5(8)3-11-7(6)9/h2-4H,10H2,1H3. The van der Waals surface area contributed by atoms with E-state index in [1.54, 1.807) is 6.92 Å². The van der Waals surface area contributed by atoms with E-state index in [1.165, 1.54) is 0 Å². The van der Waals surface area contributed by atoms with Crippen LogP contribution in [0.5, 0.6) is 0 Å². The van der Waals surface area contributed by atoms with Crippen LogP contribution in [0.15, 0.2) is 12.3 Å². The Balaban J connectivity index is 3.13. The fourth-order valence-corrected chi connectivity index (χ4v) is 0.758. The highest BCUT2D eigenvalue weighted by molar-refractivity contribution is 5.15. The molecule has 4 heteroatoms. The molecule has 0 fully saturated rings. The van der Waals surface area contributed by atoms with E-state index in [0.717, 1.165) is 12.3 Å². The summed E-state index contributed by atoms with van der Waals surface area (Å²) in [5.74, 6) is -1.28. The van der Waals surface area contributed by atoms with Crippen LogP contribution in [0.3, 0.4) is 0 Å². The summed E-state index contributed by atoms with van der Waals surface area (Å²) in [7, 11) is 0. The van der Waals surface area contributed by atoms with Crippen LogP contribution in [0.4, 0.5) is 8.78 Å². The predicted octanol–water partition coefficient (Wildman–Crippen LogP) is 1.38. The third kappa shape index (κ3) is 1.71. The van der Waals surface area contributed by atoms with Crippen molar-refractivity contribution >= 4 is 0 Å². The van der Waals surface area contributed by atoms with Crippen molar-refractivity contribution in [3.63, 3.8) is 0 Å². The number of pyridine rings is 1. The molecule has 0 amide bonds. The van der Waals surface area contributed by atoms with Gasteiger partial charge in [-0.3, -0.25) is 0 Å². The van der Waals surface area contributed by atoms with Crippen LogP contribution in [0.1, 0.15) is 18.5 Å². The Labute approximate surface area is 63.1 Å². The van der Waals surface area contributed by atoms with Crippen molar-refractivity contribution in [1.82, 2.24) is 4.98 Å². The molecule has 1 rings (SSSR count). The molecule has 0 saturated carbocycles. The van der Waals surface area contributed by atoms with E-state index in [9.17, 15) is 8.78 Å². The van der Waals surface area contributed by atoms with Gasteiger partial charge in [-0.2, -0.15) is 4.39 Å². The maximum Gasteiger partial charge on any atom is 0.217 e. The number of rotatable bonds is 1. The van der Waals surface area contributed by atoms with Gasteiger partial charge < -0.3 is 5.73 Å². The summed E-state index contributed by atoms with van der Waals surface area (Å²) >= 11 is 0. The third-order valence-electron chi connectivity index (χ3n) is 1.32. The predicted molar refractivity (Wildman–Crippen MR) is 36.8 cm³/mol. The minimum atomic E-state index is -0.707. The zero-order chi connectivity index (χ0) is 8.43. The van der Waals surface area contributed by atoms with Crippen LogP contribution < -0.4 is 5.73 Å². The highest BCUT2D eigenvalue weighted by Gasteiger charge is 2.08. The van der Waals surface area contributed by atoms with Crippen molar-refractivity contribution in [1.29, 1.82) is 0 Å². The average molecular weight is 158 g/mol. The van der Waals surface area contributed by atoms with E-state index >= 15 is 0 Å². The Bertz CT molecular complexity index is 261. The van der Waals surface area contributed by atoms with Gasteiger partial charge in [0.15, 0.2) is 0 Å². The fourth-order valence-electron chi connectivity index (χ4n) is 0.758. The van der Waals surface area contributed by atoms with Gasteiger partial charge in [0, 0.05) is 11.6 Å². The summed E-state index contributed by atoms with van der Waals surface area (Å²) in [5.41, 5.74) is 5.44. The van der Waals surface area contributed by atoms with Gasteiger partial charge in [0.05, 0.1) is 6.20 Å². The molecular formula is C7H8F2N2. The van der Waals surface area contributed by atoms with E-state index in [1.807, 2.05) is 0 Å². The lowest BCUT2D eigenvalue weighted by Crippen LogP contribution is -2.08. The van der Waals surface area contributed by atoms with E-state index in [-0.39, 0.29) is 5.56 Å². The van der Waals surface area contributed by atoms with Crippen LogP contribution in [0, 0.1) is 11.8 Å². The van der Waals surface area contributed by atoms with E-state index < -0.39 is 17.8 Å². The molecule has 1 heterocycles.